The van der Waals surface area contributed by atoms with Crippen molar-refractivity contribution < 1.29 is 4.79 Å². The lowest BCUT2D eigenvalue weighted by molar-refractivity contribution is -0.135. The number of carbonyl (C=O) groups excluding carboxylic acids is 1. The Kier molecular flexibility index (Phi) is 6.03. The van der Waals surface area contributed by atoms with Gasteiger partial charge in [0.25, 0.3) is 0 Å². The minimum absolute atomic E-state index is 0.0284. The molecule has 0 saturated heterocycles. The minimum Gasteiger partial charge on any atom is -0.339 e. The molecule has 2 aromatic rings. The van der Waals surface area contributed by atoms with Crippen molar-refractivity contribution in [1.29, 1.82) is 0 Å². The van der Waals surface area contributed by atoms with E-state index in [0.717, 1.165) is 11.1 Å². The molecule has 1 aromatic carbocycles. The van der Waals surface area contributed by atoms with Crippen LogP contribution >= 0.6 is 23.2 Å². The predicted molar refractivity (Wildman–Crippen MR) is 94.8 cm³/mol. The Balaban J connectivity index is 2.06. The Morgan fingerprint density at radius 3 is 2.61 bits per heavy atom. The highest BCUT2D eigenvalue weighted by Gasteiger charge is 2.23. The summed E-state index contributed by atoms with van der Waals surface area (Å²) in [6, 6.07) is 9.20. The van der Waals surface area contributed by atoms with Crippen LogP contribution in [0.5, 0.6) is 0 Å². The van der Waals surface area contributed by atoms with E-state index in [1.165, 1.54) is 0 Å². The molecule has 1 aromatic heterocycles. The predicted octanol–water partition coefficient (Wildman–Crippen LogP) is 4.79. The van der Waals surface area contributed by atoms with Gasteiger partial charge in [-0.3, -0.25) is 9.78 Å². The lowest BCUT2D eigenvalue weighted by Gasteiger charge is -2.28. The van der Waals surface area contributed by atoms with Crippen LogP contribution in [0.25, 0.3) is 0 Å². The van der Waals surface area contributed by atoms with E-state index in [-0.39, 0.29) is 17.9 Å². The van der Waals surface area contributed by atoms with Crippen LogP contribution in [-0.2, 0) is 11.2 Å². The molecule has 2 unspecified atom stereocenters. The van der Waals surface area contributed by atoms with Gasteiger partial charge < -0.3 is 4.90 Å². The molecule has 0 fully saturated rings. The van der Waals surface area contributed by atoms with Crippen LogP contribution in [0.1, 0.15) is 31.0 Å². The highest BCUT2D eigenvalue weighted by Crippen LogP contribution is 2.25. The molecule has 3 nitrogen and oxygen atoms in total. The van der Waals surface area contributed by atoms with Gasteiger partial charge in [-0.2, -0.15) is 0 Å². The summed E-state index contributed by atoms with van der Waals surface area (Å²) in [5, 5.41) is 1.19. The zero-order valence-electron chi connectivity index (χ0n) is 13.5. The molecule has 0 aliphatic heterocycles. The molecular formula is C18H20Cl2N2O. The number of pyridine rings is 1. The molecule has 2 rings (SSSR count). The van der Waals surface area contributed by atoms with Crippen LogP contribution < -0.4 is 0 Å². The Morgan fingerprint density at radius 2 is 2.00 bits per heavy atom. The smallest absolute Gasteiger partial charge is 0.225 e. The van der Waals surface area contributed by atoms with Gasteiger partial charge in [0.1, 0.15) is 0 Å². The molecule has 122 valence electrons. The molecular weight excluding hydrogens is 331 g/mol. The lowest BCUT2D eigenvalue weighted by atomic mass is 9.98. The molecule has 0 N–H and O–H groups in total. The SMILES string of the molecule is CC(Cc1ccc(Cl)cc1Cl)C(=O)N(C)C(C)c1cccnc1. The van der Waals surface area contributed by atoms with Gasteiger partial charge in [-0.15, -0.1) is 0 Å². The average molecular weight is 351 g/mol. The van der Waals surface area contributed by atoms with E-state index in [0.29, 0.717) is 16.5 Å². The van der Waals surface area contributed by atoms with Crippen molar-refractivity contribution >= 4 is 29.1 Å². The number of aromatic nitrogens is 1. The molecule has 1 amide bonds. The molecule has 0 radical (unpaired) electrons. The summed E-state index contributed by atoms with van der Waals surface area (Å²) in [6.45, 7) is 3.91. The summed E-state index contributed by atoms with van der Waals surface area (Å²) in [6.07, 6.45) is 4.09. The number of amides is 1. The number of nitrogens with zero attached hydrogens (tertiary/aromatic N) is 2. The van der Waals surface area contributed by atoms with Crippen molar-refractivity contribution in [2.45, 2.75) is 26.3 Å². The summed E-state index contributed by atoms with van der Waals surface area (Å²) >= 11 is 12.1. The van der Waals surface area contributed by atoms with Crippen molar-refractivity contribution in [2.24, 2.45) is 5.92 Å². The third-order valence-corrected chi connectivity index (χ3v) is 4.65. The maximum atomic E-state index is 12.7. The fourth-order valence-electron chi connectivity index (χ4n) is 2.49. The number of halogens is 2. The number of hydrogen-bond donors (Lipinski definition) is 0. The number of hydrogen-bond acceptors (Lipinski definition) is 2. The molecule has 0 spiro atoms. The van der Waals surface area contributed by atoms with E-state index in [4.69, 9.17) is 23.2 Å². The van der Waals surface area contributed by atoms with E-state index in [2.05, 4.69) is 4.98 Å². The van der Waals surface area contributed by atoms with E-state index < -0.39 is 0 Å². The fraction of sp³-hybridized carbons (Fsp3) is 0.333. The van der Waals surface area contributed by atoms with Crippen molar-refractivity contribution in [1.82, 2.24) is 9.88 Å². The normalized spacial score (nSPS) is 13.4. The first-order chi connectivity index (χ1) is 10.9. The van der Waals surface area contributed by atoms with E-state index in [9.17, 15) is 4.79 Å². The first-order valence-corrected chi connectivity index (χ1v) is 8.26. The van der Waals surface area contributed by atoms with E-state index >= 15 is 0 Å². The summed E-state index contributed by atoms with van der Waals surface area (Å²) in [4.78, 5) is 18.5. The summed E-state index contributed by atoms with van der Waals surface area (Å²) in [7, 11) is 1.82. The van der Waals surface area contributed by atoms with Gasteiger partial charge >= 0.3 is 0 Å². The topological polar surface area (TPSA) is 33.2 Å². The second-order valence-electron chi connectivity index (χ2n) is 5.75. The third-order valence-electron chi connectivity index (χ3n) is 4.06. The molecule has 0 aliphatic carbocycles. The van der Waals surface area contributed by atoms with E-state index in [1.54, 1.807) is 29.4 Å². The molecule has 2 atom stereocenters. The molecule has 0 aliphatic rings. The molecule has 1 heterocycles. The zero-order chi connectivity index (χ0) is 17.0. The third kappa shape index (κ3) is 4.46. The van der Waals surface area contributed by atoms with Gasteiger partial charge in [-0.1, -0.05) is 42.3 Å². The van der Waals surface area contributed by atoms with Crippen LogP contribution in [0.2, 0.25) is 10.0 Å². The number of rotatable bonds is 5. The number of carbonyl (C=O) groups is 1. The molecule has 0 saturated carbocycles. The lowest BCUT2D eigenvalue weighted by Crippen LogP contribution is -2.34. The van der Waals surface area contributed by atoms with Crippen LogP contribution in [0.4, 0.5) is 0 Å². The monoisotopic (exact) mass is 350 g/mol. The Labute approximate surface area is 147 Å². The van der Waals surface area contributed by atoms with Crippen molar-refractivity contribution in [3.05, 3.63) is 63.9 Å². The zero-order valence-corrected chi connectivity index (χ0v) is 15.0. The van der Waals surface area contributed by atoms with Gasteiger partial charge in [0.2, 0.25) is 5.91 Å². The van der Waals surface area contributed by atoms with E-state index in [1.807, 2.05) is 39.1 Å². The fourth-order valence-corrected chi connectivity index (χ4v) is 2.98. The van der Waals surface area contributed by atoms with Crippen molar-refractivity contribution in [3.8, 4) is 0 Å². The van der Waals surface area contributed by atoms with Gasteiger partial charge in [-0.05, 0) is 42.7 Å². The summed E-state index contributed by atoms with van der Waals surface area (Å²) in [5.41, 5.74) is 1.94. The van der Waals surface area contributed by atoms with Crippen LogP contribution in [0.15, 0.2) is 42.7 Å². The first kappa shape index (κ1) is 17.8. The molecule has 5 heteroatoms. The van der Waals surface area contributed by atoms with Crippen LogP contribution in [0.3, 0.4) is 0 Å². The van der Waals surface area contributed by atoms with Crippen molar-refractivity contribution in [2.75, 3.05) is 7.05 Å². The highest BCUT2D eigenvalue weighted by molar-refractivity contribution is 6.35. The second-order valence-corrected chi connectivity index (χ2v) is 6.60. The Morgan fingerprint density at radius 1 is 1.26 bits per heavy atom. The Bertz CT molecular complexity index is 676. The summed E-state index contributed by atoms with van der Waals surface area (Å²) in [5.74, 6) is -0.0924. The largest absolute Gasteiger partial charge is 0.339 e. The van der Waals surface area contributed by atoms with Gasteiger partial charge in [0.05, 0.1) is 6.04 Å². The quantitative estimate of drug-likeness (QED) is 0.776. The van der Waals surface area contributed by atoms with Crippen LogP contribution in [-0.4, -0.2) is 22.8 Å². The second kappa shape index (κ2) is 7.80. The highest BCUT2D eigenvalue weighted by atomic mass is 35.5. The first-order valence-electron chi connectivity index (χ1n) is 7.50. The van der Waals surface area contributed by atoms with Gasteiger partial charge in [0, 0.05) is 35.4 Å². The minimum atomic E-state index is -0.169. The van der Waals surface area contributed by atoms with Gasteiger partial charge in [0.15, 0.2) is 0 Å². The standard InChI is InChI=1S/C18H20Cl2N2O/c1-12(9-14-6-7-16(19)10-17(14)20)18(23)22(3)13(2)15-5-4-8-21-11-15/h4-8,10-13H,9H2,1-3H3. The maximum absolute atomic E-state index is 12.7. The van der Waals surface area contributed by atoms with Crippen LogP contribution in [0, 0.1) is 5.92 Å². The molecule has 0 bridgehead atoms. The average Bonchev–Trinajstić information content (AvgIpc) is 2.56. The molecule has 23 heavy (non-hydrogen) atoms. The Hall–Kier alpha value is -1.58. The van der Waals surface area contributed by atoms with Gasteiger partial charge in [-0.25, -0.2) is 0 Å². The van der Waals surface area contributed by atoms with Crippen molar-refractivity contribution in [3.63, 3.8) is 0 Å². The number of benzene rings is 1. The summed E-state index contributed by atoms with van der Waals surface area (Å²) < 4.78 is 0. The maximum Gasteiger partial charge on any atom is 0.225 e.